The maximum Gasteiger partial charge on any atom is 0.328 e. The fraction of sp³-hybridized carbons (Fsp3) is 0.688. The third-order valence-corrected chi connectivity index (χ3v) is 4.37. The Labute approximate surface area is 161 Å². The number of aliphatic hydroxyl groups is 1. The monoisotopic (exact) mass is 401 g/mol. The standard InChI is InChI=1S/C16H27N5O7/c1-7(19-13(24)9(17)6-11(18)23)15(26)21-5-3-4-10(21)14(25)20-12(8(2)22)16(27)28/h7-10,12,22H,3-6,17H2,1-2H3,(H2,18,23)(H,19,24)(H,20,25)(H,27,28). The van der Waals surface area contributed by atoms with Gasteiger partial charge in [0.15, 0.2) is 6.04 Å². The number of carbonyl (C=O) groups excluding carboxylic acids is 4. The molecule has 5 atom stereocenters. The van der Waals surface area contributed by atoms with Crippen molar-refractivity contribution in [2.24, 2.45) is 11.5 Å². The topological polar surface area (TPSA) is 205 Å². The van der Waals surface area contributed by atoms with E-state index in [1.54, 1.807) is 0 Å². The molecule has 1 aliphatic rings. The molecular formula is C16H27N5O7. The largest absolute Gasteiger partial charge is 0.480 e. The Morgan fingerprint density at radius 3 is 2.29 bits per heavy atom. The van der Waals surface area contributed by atoms with Crippen LogP contribution in [0.3, 0.4) is 0 Å². The third kappa shape index (κ3) is 6.16. The number of aliphatic carboxylic acids is 1. The van der Waals surface area contributed by atoms with Gasteiger partial charge in [-0.1, -0.05) is 0 Å². The molecule has 4 amide bonds. The molecule has 8 N–H and O–H groups in total. The fourth-order valence-electron chi connectivity index (χ4n) is 2.88. The van der Waals surface area contributed by atoms with Crippen molar-refractivity contribution in [2.75, 3.05) is 6.54 Å². The molecule has 1 heterocycles. The normalized spacial score (nSPS) is 20.6. The molecule has 0 aromatic carbocycles. The van der Waals surface area contributed by atoms with E-state index in [0.717, 1.165) is 0 Å². The van der Waals surface area contributed by atoms with Gasteiger partial charge in [-0.2, -0.15) is 0 Å². The van der Waals surface area contributed by atoms with Crippen LogP contribution in [0, 0.1) is 0 Å². The van der Waals surface area contributed by atoms with Crippen molar-refractivity contribution in [2.45, 2.75) is 63.4 Å². The molecule has 12 nitrogen and oxygen atoms in total. The molecule has 1 aliphatic heterocycles. The summed E-state index contributed by atoms with van der Waals surface area (Å²) in [5.74, 6) is -4.16. The van der Waals surface area contributed by atoms with Gasteiger partial charge < -0.3 is 37.2 Å². The summed E-state index contributed by atoms with van der Waals surface area (Å²) >= 11 is 0. The smallest absolute Gasteiger partial charge is 0.328 e. The minimum absolute atomic E-state index is 0.247. The van der Waals surface area contributed by atoms with Gasteiger partial charge in [0.1, 0.15) is 12.1 Å². The van der Waals surface area contributed by atoms with Crippen LogP contribution >= 0.6 is 0 Å². The van der Waals surface area contributed by atoms with Gasteiger partial charge in [0.25, 0.3) is 0 Å². The van der Waals surface area contributed by atoms with Gasteiger partial charge in [-0.25, -0.2) is 4.79 Å². The second kappa shape index (κ2) is 9.99. The Morgan fingerprint density at radius 1 is 1.18 bits per heavy atom. The highest BCUT2D eigenvalue weighted by Gasteiger charge is 2.38. The molecule has 0 radical (unpaired) electrons. The number of carboxylic acids is 1. The van der Waals surface area contributed by atoms with Gasteiger partial charge >= 0.3 is 5.97 Å². The Hall–Kier alpha value is -2.73. The van der Waals surface area contributed by atoms with Crippen molar-refractivity contribution in [3.63, 3.8) is 0 Å². The van der Waals surface area contributed by atoms with Crippen LogP contribution < -0.4 is 22.1 Å². The van der Waals surface area contributed by atoms with E-state index in [0.29, 0.717) is 12.8 Å². The lowest BCUT2D eigenvalue weighted by Gasteiger charge is -2.28. The van der Waals surface area contributed by atoms with E-state index < -0.39 is 59.9 Å². The highest BCUT2D eigenvalue weighted by molar-refractivity contribution is 5.95. The second-order valence-electron chi connectivity index (χ2n) is 6.76. The Balaban J connectivity index is 2.75. The van der Waals surface area contributed by atoms with E-state index in [9.17, 15) is 29.1 Å². The summed E-state index contributed by atoms with van der Waals surface area (Å²) in [6.45, 7) is 2.88. The molecular weight excluding hydrogens is 374 g/mol. The Kier molecular flexibility index (Phi) is 8.32. The zero-order valence-electron chi connectivity index (χ0n) is 15.8. The zero-order valence-corrected chi connectivity index (χ0v) is 15.8. The average Bonchev–Trinajstić information content (AvgIpc) is 3.06. The van der Waals surface area contributed by atoms with Crippen LogP contribution in [-0.4, -0.2) is 81.5 Å². The number of primary amides is 1. The molecule has 0 aliphatic carbocycles. The first-order valence-electron chi connectivity index (χ1n) is 8.81. The SMILES string of the molecule is CC(NC(=O)C(N)CC(N)=O)C(=O)N1CCCC1C(=O)NC(C(=O)O)C(C)O. The molecule has 0 aromatic heterocycles. The van der Waals surface area contributed by atoms with E-state index in [-0.39, 0.29) is 13.0 Å². The number of nitrogens with one attached hydrogen (secondary N) is 2. The molecule has 12 heteroatoms. The fourth-order valence-corrected chi connectivity index (χ4v) is 2.88. The maximum atomic E-state index is 12.6. The first-order chi connectivity index (χ1) is 13.0. The summed E-state index contributed by atoms with van der Waals surface area (Å²) in [5, 5.41) is 23.1. The van der Waals surface area contributed by atoms with Crippen molar-refractivity contribution in [3.05, 3.63) is 0 Å². The maximum absolute atomic E-state index is 12.6. The number of aliphatic hydroxyl groups excluding tert-OH is 1. The lowest BCUT2D eigenvalue weighted by atomic mass is 10.1. The molecule has 0 spiro atoms. The van der Waals surface area contributed by atoms with E-state index >= 15 is 0 Å². The molecule has 5 unspecified atom stereocenters. The van der Waals surface area contributed by atoms with Crippen LogP contribution in [0.15, 0.2) is 0 Å². The zero-order chi connectivity index (χ0) is 21.6. The number of hydrogen-bond donors (Lipinski definition) is 6. The van der Waals surface area contributed by atoms with Crippen molar-refractivity contribution >= 4 is 29.6 Å². The van der Waals surface area contributed by atoms with Crippen LogP contribution in [0.1, 0.15) is 33.1 Å². The molecule has 1 rings (SSSR count). The number of rotatable bonds is 9. The highest BCUT2D eigenvalue weighted by atomic mass is 16.4. The van der Waals surface area contributed by atoms with Gasteiger partial charge in [-0.3, -0.25) is 19.2 Å². The lowest BCUT2D eigenvalue weighted by Crippen LogP contribution is -2.57. The number of hydrogen-bond acceptors (Lipinski definition) is 7. The van der Waals surface area contributed by atoms with E-state index in [2.05, 4.69) is 10.6 Å². The molecule has 0 aromatic rings. The van der Waals surface area contributed by atoms with Crippen molar-refractivity contribution < 1.29 is 34.2 Å². The number of nitrogens with zero attached hydrogens (tertiary/aromatic N) is 1. The van der Waals surface area contributed by atoms with Gasteiger partial charge in [0, 0.05) is 6.54 Å². The first-order valence-corrected chi connectivity index (χ1v) is 8.81. The van der Waals surface area contributed by atoms with Crippen LogP contribution in [-0.2, 0) is 24.0 Å². The first kappa shape index (κ1) is 23.3. The number of carboxylic acid groups (broad SMARTS) is 1. The summed E-state index contributed by atoms with van der Waals surface area (Å²) in [7, 11) is 0. The van der Waals surface area contributed by atoms with E-state index in [4.69, 9.17) is 16.6 Å². The second-order valence-corrected chi connectivity index (χ2v) is 6.76. The Bertz CT molecular complexity index is 639. The number of amides is 4. The highest BCUT2D eigenvalue weighted by Crippen LogP contribution is 2.19. The number of carbonyl (C=O) groups is 5. The van der Waals surface area contributed by atoms with E-state index in [1.165, 1.54) is 18.7 Å². The van der Waals surface area contributed by atoms with Gasteiger partial charge in [-0.15, -0.1) is 0 Å². The molecule has 0 bridgehead atoms. The summed E-state index contributed by atoms with van der Waals surface area (Å²) in [6, 6.07) is -4.65. The molecule has 0 saturated carbocycles. The van der Waals surface area contributed by atoms with Gasteiger partial charge in [0.05, 0.1) is 18.6 Å². The van der Waals surface area contributed by atoms with E-state index in [1.807, 2.05) is 0 Å². The summed E-state index contributed by atoms with van der Waals surface area (Å²) in [5.41, 5.74) is 10.5. The average molecular weight is 401 g/mol. The predicted octanol–water partition coefficient (Wildman–Crippen LogP) is -3.36. The molecule has 1 saturated heterocycles. The minimum Gasteiger partial charge on any atom is -0.480 e. The van der Waals surface area contributed by atoms with Crippen LogP contribution in [0.4, 0.5) is 0 Å². The van der Waals surface area contributed by atoms with Gasteiger partial charge in [-0.05, 0) is 26.7 Å². The van der Waals surface area contributed by atoms with Crippen LogP contribution in [0.5, 0.6) is 0 Å². The predicted molar refractivity (Wildman–Crippen MR) is 95.4 cm³/mol. The Morgan fingerprint density at radius 2 is 1.79 bits per heavy atom. The summed E-state index contributed by atoms with van der Waals surface area (Å²) in [6.07, 6.45) is -0.877. The molecule has 158 valence electrons. The van der Waals surface area contributed by atoms with Crippen molar-refractivity contribution in [1.82, 2.24) is 15.5 Å². The van der Waals surface area contributed by atoms with Crippen LogP contribution in [0.2, 0.25) is 0 Å². The minimum atomic E-state index is -1.51. The summed E-state index contributed by atoms with van der Waals surface area (Å²) in [4.78, 5) is 60.2. The summed E-state index contributed by atoms with van der Waals surface area (Å²) < 4.78 is 0. The molecule has 28 heavy (non-hydrogen) atoms. The van der Waals surface area contributed by atoms with Gasteiger partial charge in [0.2, 0.25) is 23.6 Å². The van der Waals surface area contributed by atoms with Crippen LogP contribution in [0.25, 0.3) is 0 Å². The number of nitrogens with two attached hydrogens (primary N) is 2. The van der Waals surface area contributed by atoms with Crippen molar-refractivity contribution in [3.8, 4) is 0 Å². The third-order valence-electron chi connectivity index (χ3n) is 4.37. The lowest BCUT2D eigenvalue weighted by molar-refractivity contribution is -0.147. The number of likely N-dealkylation sites (tertiary alicyclic amines) is 1. The quantitative estimate of drug-likeness (QED) is 0.229. The van der Waals surface area contributed by atoms with Crippen molar-refractivity contribution in [1.29, 1.82) is 0 Å². The molecule has 1 fully saturated rings.